The molecule has 0 saturated carbocycles. The molecule has 0 saturated heterocycles. The fourth-order valence-corrected chi connectivity index (χ4v) is 3.77. The van der Waals surface area contributed by atoms with Crippen molar-refractivity contribution in [2.24, 2.45) is 5.41 Å². The van der Waals surface area contributed by atoms with E-state index in [1.165, 1.54) is 23.5 Å². The molecule has 1 aromatic carbocycles. The van der Waals surface area contributed by atoms with E-state index in [4.69, 9.17) is 0 Å². The molecule has 1 unspecified atom stereocenters. The Kier molecular flexibility index (Phi) is 4.56. The van der Waals surface area contributed by atoms with Crippen LogP contribution in [0.1, 0.15) is 23.1 Å². The Hall–Kier alpha value is -2.34. The highest BCUT2D eigenvalue weighted by Crippen LogP contribution is 2.45. The summed E-state index contributed by atoms with van der Waals surface area (Å²) in [7, 11) is 0. The zero-order valence-corrected chi connectivity index (χ0v) is 13.9. The summed E-state index contributed by atoms with van der Waals surface area (Å²) in [6.07, 6.45) is 1.40. The maximum atomic E-state index is 12.8. The van der Waals surface area contributed by atoms with Crippen molar-refractivity contribution in [1.82, 2.24) is 0 Å². The number of alkyl halides is 3. The van der Waals surface area contributed by atoms with E-state index in [2.05, 4.69) is 0 Å². The normalized spacial score (nSPS) is 20.4. The van der Waals surface area contributed by atoms with Crippen LogP contribution in [0, 0.1) is 5.41 Å². The number of hydrogen-bond acceptors (Lipinski definition) is 2. The third-order valence-electron chi connectivity index (χ3n) is 4.40. The molecule has 1 aliphatic carbocycles. The predicted molar refractivity (Wildman–Crippen MR) is 91.3 cm³/mol. The zero-order chi connectivity index (χ0) is 18.1. The van der Waals surface area contributed by atoms with E-state index in [0.29, 0.717) is 24.0 Å². The molecule has 0 radical (unpaired) electrons. The minimum Gasteiger partial charge on any atom is -0.481 e. The first-order chi connectivity index (χ1) is 11.8. The molecule has 2 nitrogen and oxygen atoms in total. The minimum absolute atomic E-state index is 0.295. The highest BCUT2D eigenvalue weighted by molar-refractivity contribution is 7.07. The van der Waals surface area contributed by atoms with Gasteiger partial charge in [0.05, 0.1) is 5.56 Å². The van der Waals surface area contributed by atoms with E-state index in [1.54, 1.807) is 18.2 Å². The number of halogens is 3. The summed E-state index contributed by atoms with van der Waals surface area (Å²) in [5.41, 5.74) is -0.00451. The Labute approximate surface area is 146 Å². The van der Waals surface area contributed by atoms with Gasteiger partial charge in [0.2, 0.25) is 0 Å². The number of carboxylic acids is 1. The average Bonchev–Trinajstić information content (AvgIpc) is 3.07. The first-order valence-electron chi connectivity index (χ1n) is 7.62. The third-order valence-corrected chi connectivity index (χ3v) is 5.13. The van der Waals surface area contributed by atoms with Gasteiger partial charge < -0.3 is 5.11 Å². The van der Waals surface area contributed by atoms with Crippen LogP contribution in [0.15, 0.2) is 59.3 Å². The van der Waals surface area contributed by atoms with E-state index in [9.17, 15) is 23.1 Å². The van der Waals surface area contributed by atoms with Gasteiger partial charge in [-0.2, -0.15) is 24.5 Å². The molecule has 25 heavy (non-hydrogen) atoms. The van der Waals surface area contributed by atoms with Gasteiger partial charge in [0.15, 0.2) is 0 Å². The van der Waals surface area contributed by atoms with Crippen LogP contribution < -0.4 is 0 Å². The minimum atomic E-state index is -4.42. The molecule has 1 heterocycles. The monoisotopic (exact) mass is 364 g/mol. The summed E-state index contributed by atoms with van der Waals surface area (Å²) in [5, 5.41) is 13.7. The fraction of sp³-hybridized carbons (Fsp3) is 0.211. The van der Waals surface area contributed by atoms with Gasteiger partial charge in [0.25, 0.3) is 0 Å². The summed E-state index contributed by atoms with van der Waals surface area (Å²) < 4.78 is 38.3. The topological polar surface area (TPSA) is 37.3 Å². The summed E-state index contributed by atoms with van der Waals surface area (Å²) in [5.74, 6) is -0.978. The average molecular weight is 364 g/mol. The van der Waals surface area contributed by atoms with Crippen molar-refractivity contribution in [2.45, 2.75) is 19.0 Å². The largest absolute Gasteiger partial charge is 0.481 e. The van der Waals surface area contributed by atoms with Gasteiger partial charge in [-0.25, -0.2) is 0 Å². The van der Waals surface area contributed by atoms with E-state index in [0.717, 1.165) is 17.7 Å². The van der Waals surface area contributed by atoms with Crippen molar-refractivity contribution < 1.29 is 23.1 Å². The van der Waals surface area contributed by atoms with Crippen LogP contribution in [0.2, 0.25) is 0 Å². The Morgan fingerprint density at radius 1 is 1.20 bits per heavy atom. The van der Waals surface area contributed by atoms with Crippen LogP contribution in [0.3, 0.4) is 0 Å². The molecule has 6 heteroatoms. The molecule has 0 amide bonds. The molecule has 130 valence electrons. The summed E-state index contributed by atoms with van der Waals surface area (Å²) in [6, 6.07) is 6.55. The first-order valence-corrected chi connectivity index (χ1v) is 8.57. The Morgan fingerprint density at radius 2 is 1.92 bits per heavy atom. The molecular weight excluding hydrogens is 349 g/mol. The van der Waals surface area contributed by atoms with Crippen LogP contribution in [-0.2, 0) is 17.4 Å². The van der Waals surface area contributed by atoms with Crippen LogP contribution in [0.4, 0.5) is 13.2 Å². The molecule has 0 spiro atoms. The molecule has 0 bridgehead atoms. The maximum Gasteiger partial charge on any atom is 0.416 e. The van der Waals surface area contributed by atoms with Crippen molar-refractivity contribution >= 4 is 22.9 Å². The zero-order valence-electron chi connectivity index (χ0n) is 13.1. The van der Waals surface area contributed by atoms with E-state index >= 15 is 0 Å². The second kappa shape index (κ2) is 6.52. The van der Waals surface area contributed by atoms with Crippen LogP contribution in [0.25, 0.3) is 5.57 Å². The van der Waals surface area contributed by atoms with Crippen LogP contribution >= 0.6 is 11.3 Å². The lowest BCUT2D eigenvalue weighted by molar-refractivity contribution is -0.145. The molecule has 1 N–H and O–H groups in total. The van der Waals surface area contributed by atoms with Crippen LogP contribution in [-0.4, -0.2) is 11.1 Å². The van der Waals surface area contributed by atoms with Crippen molar-refractivity contribution in [3.8, 4) is 0 Å². The number of benzene rings is 1. The lowest BCUT2D eigenvalue weighted by Crippen LogP contribution is -2.35. The molecule has 1 aliphatic rings. The number of aliphatic carboxylic acids is 1. The van der Waals surface area contributed by atoms with Crippen molar-refractivity contribution in [3.05, 3.63) is 76.0 Å². The number of rotatable bonds is 4. The Morgan fingerprint density at radius 3 is 2.48 bits per heavy atom. The second-order valence-electron chi connectivity index (χ2n) is 5.98. The third kappa shape index (κ3) is 3.39. The number of thiophene rings is 1. The van der Waals surface area contributed by atoms with Gasteiger partial charge in [-0.15, -0.1) is 0 Å². The van der Waals surface area contributed by atoms with Gasteiger partial charge >= 0.3 is 12.1 Å². The molecule has 0 fully saturated rings. The summed E-state index contributed by atoms with van der Waals surface area (Å²) in [4.78, 5) is 12.2. The van der Waals surface area contributed by atoms with Gasteiger partial charge in [-0.05, 0) is 58.5 Å². The molecule has 3 rings (SSSR count). The fourth-order valence-electron chi connectivity index (χ4n) is 3.10. The maximum absolute atomic E-state index is 12.8. The summed E-state index contributed by atoms with van der Waals surface area (Å²) >= 11 is 1.48. The SMILES string of the molecule is O=C(O)C1(Cc2ccsc2)CC=CC=C1c1ccc(C(F)(F)F)cc1. The van der Waals surface area contributed by atoms with Crippen molar-refractivity contribution in [1.29, 1.82) is 0 Å². The van der Waals surface area contributed by atoms with Crippen molar-refractivity contribution in [3.63, 3.8) is 0 Å². The van der Waals surface area contributed by atoms with Gasteiger partial charge in [0.1, 0.15) is 5.41 Å². The Balaban J connectivity index is 2.03. The molecule has 1 atom stereocenters. The predicted octanol–water partition coefficient (Wildman–Crippen LogP) is 5.42. The number of hydrogen-bond donors (Lipinski definition) is 1. The van der Waals surface area contributed by atoms with Crippen LogP contribution in [0.5, 0.6) is 0 Å². The molecule has 2 aromatic rings. The highest BCUT2D eigenvalue weighted by atomic mass is 32.1. The summed E-state index contributed by atoms with van der Waals surface area (Å²) in [6.45, 7) is 0. The van der Waals surface area contributed by atoms with Gasteiger partial charge in [-0.1, -0.05) is 30.4 Å². The smallest absolute Gasteiger partial charge is 0.416 e. The van der Waals surface area contributed by atoms with Gasteiger partial charge in [-0.3, -0.25) is 4.79 Å². The highest BCUT2D eigenvalue weighted by Gasteiger charge is 2.43. The van der Waals surface area contributed by atoms with Crippen molar-refractivity contribution in [2.75, 3.05) is 0 Å². The standard InChI is InChI=1S/C19H15F3O2S/c20-19(21,22)15-6-4-14(5-7-15)16-3-1-2-9-18(16,17(23)24)11-13-8-10-25-12-13/h1-8,10,12H,9,11H2,(H,23,24). The molecular formula is C19H15F3O2S. The number of allylic oxidation sites excluding steroid dienone is 3. The molecule has 0 aliphatic heterocycles. The Bertz CT molecular complexity index is 817. The van der Waals surface area contributed by atoms with Gasteiger partial charge in [0, 0.05) is 0 Å². The lowest BCUT2D eigenvalue weighted by atomic mass is 9.68. The quantitative estimate of drug-likeness (QED) is 0.786. The number of carbonyl (C=O) groups is 1. The second-order valence-corrected chi connectivity index (χ2v) is 6.76. The first kappa shape index (κ1) is 17.5. The lowest BCUT2D eigenvalue weighted by Gasteiger charge is -2.33. The van der Waals surface area contributed by atoms with E-state index in [1.807, 2.05) is 16.8 Å². The number of carboxylic acid groups (broad SMARTS) is 1. The van der Waals surface area contributed by atoms with E-state index < -0.39 is 23.1 Å². The van der Waals surface area contributed by atoms with E-state index in [-0.39, 0.29) is 0 Å². The molecule has 1 aromatic heterocycles.